The molecule has 3 nitrogen and oxygen atoms in total. The van der Waals surface area contributed by atoms with Gasteiger partial charge in [-0.2, -0.15) is 0 Å². The quantitative estimate of drug-likeness (QED) is 0.767. The molecule has 1 heterocycles. The van der Waals surface area contributed by atoms with Gasteiger partial charge in [-0.1, -0.05) is 6.92 Å². The van der Waals surface area contributed by atoms with Gasteiger partial charge in [-0.3, -0.25) is 0 Å². The summed E-state index contributed by atoms with van der Waals surface area (Å²) in [4.78, 5) is 4.17. The second-order valence-electron chi connectivity index (χ2n) is 4.34. The van der Waals surface area contributed by atoms with Crippen LogP contribution in [0.15, 0.2) is 18.3 Å². The molecule has 14 heavy (non-hydrogen) atoms. The average Bonchev–Trinajstić information content (AvgIpc) is 2.95. The smallest absolute Gasteiger partial charge is 0.127 e. The van der Waals surface area contributed by atoms with Crippen molar-refractivity contribution in [3.63, 3.8) is 0 Å². The molecule has 0 aliphatic heterocycles. The Bertz CT molecular complexity index is 318. The first kappa shape index (κ1) is 9.31. The molecular weight excluding hydrogens is 174 g/mol. The van der Waals surface area contributed by atoms with E-state index in [1.54, 1.807) is 0 Å². The fourth-order valence-corrected chi connectivity index (χ4v) is 1.38. The summed E-state index contributed by atoms with van der Waals surface area (Å²) in [5, 5.41) is 6.47. The van der Waals surface area contributed by atoms with E-state index in [1.165, 1.54) is 12.8 Å². The zero-order valence-electron chi connectivity index (χ0n) is 8.80. The standard InChI is InChI=1S/C11H17N3/c1-11(4-5-11)8-14-9-3-6-13-10(7-9)12-2/h3,6-7H,4-5,8H2,1-2H3,(H2,12,13,14). The molecular formula is C11H17N3. The number of rotatable bonds is 4. The second-order valence-corrected chi connectivity index (χ2v) is 4.34. The summed E-state index contributed by atoms with van der Waals surface area (Å²) in [6.45, 7) is 3.39. The lowest BCUT2D eigenvalue weighted by atomic mass is 10.1. The van der Waals surface area contributed by atoms with Gasteiger partial charge >= 0.3 is 0 Å². The number of nitrogens with one attached hydrogen (secondary N) is 2. The highest BCUT2D eigenvalue weighted by Crippen LogP contribution is 2.44. The third-order valence-electron chi connectivity index (χ3n) is 2.84. The number of hydrogen-bond donors (Lipinski definition) is 2. The van der Waals surface area contributed by atoms with Gasteiger partial charge in [0, 0.05) is 31.5 Å². The van der Waals surface area contributed by atoms with Crippen LogP contribution in [0.25, 0.3) is 0 Å². The van der Waals surface area contributed by atoms with Crippen LogP contribution in [0.3, 0.4) is 0 Å². The van der Waals surface area contributed by atoms with Gasteiger partial charge in [-0.15, -0.1) is 0 Å². The van der Waals surface area contributed by atoms with Gasteiger partial charge in [-0.25, -0.2) is 4.98 Å². The second kappa shape index (κ2) is 3.48. The predicted octanol–water partition coefficient (Wildman–Crippen LogP) is 2.34. The Morgan fingerprint density at radius 3 is 2.93 bits per heavy atom. The Morgan fingerprint density at radius 2 is 2.29 bits per heavy atom. The molecule has 1 aliphatic rings. The van der Waals surface area contributed by atoms with Crippen LogP contribution in [0, 0.1) is 5.41 Å². The Morgan fingerprint density at radius 1 is 1.50 bits per heavy atom. The normalized spacial score (nSPS) is 17.6. The molecule has 0 amide bonds. The minimum atomic E-state index is 0.545. The van der Waals surface area contributed by atoms with Crippen LogP contribution in [0.4, 0.5) is 11.5 Å². The van der Waals surface area contributed by atoms with E-state index in [1.807, 2.05) is 25.4 Å². The van der Waals surface area contributed by atoms with E-state index >= 15 is 0 Å². The Kier molecular flexibility index (Phi) is 2.32. The molecule has 76 valence electrons. The first-order chi connectivity index (χ1) is 6.72. The Balaban J connectivity index is 1.94. The molecule has 2 N–H and O–H groups in total. The fourth-order valence-electron chi connectivity index (χ4n) is 1.38. The summed E-state index contributed by atoms with van der Waals surface area (Å²) in [5.41, 5.74) is 1.70. The third kappa shape index (κ3) is 2.16. The van der Waals surface area contributed by atoms with Gasteiger partial charge < -0.3 is 10.6 Å². The minimum absolute atomic E-state index is 0.545. The maximum absolute atomic E-state index is 4.17. The van der Waals surface area contributed by atoms with Crippen LogP contribution < -0.4 is 10.6 Å². The van der Waals surface area contributed by atoms with Crippen LogP contribution in [0.2, 0.25) is 0 Å². The highest BCUT2D eigenvalue weighted by Gasteiger charge is 2.36. The van der Waals surface area contributed by atoms with Crippen LogP contribution in [-0.4, -0.2) is 18.6 Å². The summed E-state index contributed by atoms with van der Waals surface area (Å²) in [6.07, 6.45) is 4.53. The SMILES string of the molecule is CNc1cc(NCC2(C)CC2)ccn1. The van der Waals surface area contributed by atoms with Crippen molar-refractivity contribution in [3.8, 4) is 0 Å². The van der Waals surface area contributed by atoms with E-state index in [4.69, 9.17) is 0 Å². The first-order valence-corrected chi connectivity index (χ1v) is 5.10. The monoisotopic (exact) mass is 191 g/mol. The van der Waals surface area contributed by atoms with E-state index in [0.717, 1.165) is 18.1 Å². The van der Waals surface area contributed by atoms with E-state index < -0.39 is 0 Å². The maximum atomic E-state index is 4.17. The van der Waals surface area contributed by atoms with Crippen molar-refractivity contribution in [2.24, 2.45) is 5.41 Å². The van der Waals surface area contributed by atoms with Crippen molar-refractivity contribution in [1.29, 1.82) is 0 Å². The molecule has 0 aromatic carbocycles. The van der Waals surface area contributed by atoms with Gasteiger partial charge in [0.05, 0.1) is 0 Å². The molecule has 0 spiro atoms. The van der Waals surface area contributed by atoms with Crippen LogP contribution in [-0.2, 0) is 0 Å². The van der Waals surface area contributed by atoms with Crippen molar-refractivity contribution in [1.82, 2.24) is 4.98 Å². The van der Waals surface area contributed by atoms with Gasteiger partial charge in [0.1, 0.15) is 5.82 Å². The predicted molar refractivity (Wildman–Crippen MR) is 59.6 cm³/mol. The number of nitrogens with zero attached hydrogens (tertiary/aromatic N) is 1. The van der Waals surface area contributed by atoms with Crippen molar-refractivity contribution in [2.75, 3.05) is 24.2 Å². The summed E-state index contributed by atoms with van der Waals surface area (Å²) in [6, 6.07) is 4.04. The van der Waals surface area contributed by atoms with E-state index in [9.17, 15) is 0 Å². The molecule has 1 fully saturated rings. The molecule has 1 aromatic rings. The molecule has 0 bridgehead atoms. The number of pyridine rings is 1. The van der Waals surface area contributed by atoms with Crippen LogP contribution >= 0.6 is 0 Å². The molecule has 0 atom stereocenters. The fraction of sp³-hybridized carbons (Fsp3) is 0.545. The molecule has 0 unspecified atom stereocenters. The largest absolute Gasteiger partial charge is 0.384 e. The molecule has 2 rings (SSSR count). The van der Waals surface area contributed by atoms with E-state index in [2.05, 4.69) is 22.5 Å². The molecule has 1 aliphatic carbocycles. The summed E-state index contributed by atoms with van der Waals surface area (Å²) in [5.74, 6) is 0.913. The average molecular weight is 191 g/mol. The lowest BCUT2D eigenvalue weighted by Crippen LogP contribution is -2.11. The van der Waals surface area contributed by atoms with Crippen LogP contribution in [0.1, 0.15) is 19.8 Å². The lowest BCUT2D eigenvalue weighted by Gasteiger charge is -2.11. The zero-order valence-corrected chi connectivity index (χ0v) is 8.80. The highest BCUT2D eigenvalue weighted by molar-refractivity contribution is 5.51. The van der Waals surface area contributed by atoms with Crippen molar-refractivity contribution in [3.05, 3.63) is 18.3 Å². The zero-order chi connectivity index (χ0) is 10.0. The first-order valence-electron chi connectivity index (χ1n) is 5.10. The van der Waals surface area contributed by atoms with Gasteiger partial charge in [-0.05, 0) is 24.3 Å². The molecule has 0 radical (unpaired) electrons. The molecule has 0 saturated heterocycles. The number of aromatic nitrogens is 1. The Labute approximate surface area is 84.9 Å². The van der Waals surface area contributed by atoms with E-state index in [0.29, 0.717) is 5.41 Å². The van der Waals surface area contributed by atoms with E-state index in [-0.39, 0.29) is 0 Å². The van der Waals surface area contributed by atoms with Crippen LogP contribution in [0.5, 0.6) is 0 Å². The molecule has 1 aromatic heterocycles. The maximum Gasteiger partial charge on any atom is 0.127 e. The summed E-state index contributed by atoms with van der Waals surface area (Å²) < 4.78 is 0. The van der Waals surface area contributed by atoms with Crippen molar-refractivity contribution in [2.45, 2.75) is 19.8 Å². The highest BCUT2D eigenvalue weighted by atomic mass is 15.0. The lowest BCUT2D eigenvalue weighted by molar-refractivity contribution is 0.611. The number of hydrogen-bond acceptors (Lipinski definition) is 3. The molecule has 1 saturated carbocycles. The molecule has 3 heteroatoms. The summed E-state index contributed by atoms with van der Waals surface area (Å²) in [7, 11) is 1.88. The van der Waals surface area contributed by atoms with Crippen molar-refractivity contribution < 1.29 is 0 Å². The number of anilines is 2. The third-order valence-corrected chi connectivity index (χ3v) is 2.84. The topological polar surface area (TPSA) is 37.0 Å². The van der Waals surface area contributed by atoms with Crippen molar-refractivity contribution >= 4 is 11.5 Å². The van der Waals surface area contributed by atoms with Gasteiger partial charge in [0.15, 0.2) is 0 Å². The Hall–Kier alpha value is -1.25. The summed E-state index contributed by atoms with van der Waals surface area (Å²) >= 11 is 0. The van der Waals surface area contributed by atoms with Gasteiger partial charge in [0.25, 0.3) is 0 Å². The van der Waals surface area contributed by atoms with Gasteiger partial charge in [0.2, 0.25) is 0 Å². The minimum Gasteiger partial charge on any atom is -0.384 e.